The molecule has 0 aliphatic carbocycles. The highest BCUT2D eigenvalue weighted by Crippen LogP contribution is 2.16. The summed E-state index contributed by atoms with van der Waals surface area (Å²) in [5, 5.41) is 8.36. The van der Waals surface area contributed by atoms with Gasteiger partial charge in [0.25, 0.3) is 0 Å². The summed E-state index contributed by atoms with van der Waals surface area (Å²) < 4.78 is 1.95. The molecule has 0 bridgehead atoms. The smallest absolute Gasteiger partial charge is 0.0539 e. The Hall–Kier alpha value is -1.48. The Morgan fingerprint density at radius 2 is 2.24 bits per heavy atom. The van der Waals surface area contributed by atoms with Crippen molar-refractivity contribution in [3.05, 3.63) is 47.2 Å². The summed E-state index contributed by atoms with van der Waals surface area (Å²) in [5.41, 5.74) is 2.19. The second-order valence-corrected chi connectivity index (χ2v) is 4.72. The molecule has 90 valence electrons. The monoisotopic (exact) mass is 249 g/mol. The lowest BCUT2D eigenvalue weighted by Crippen LogP contribution is -2.01. The van der Waals surface area contributed by atoms with Crippen molar-refractivity contribution in [2.24, 2.45) is 0 Å². The largest absolute Gasteiger partial charge is 0.381 e. The number of nitrogens with zero attached hydrogens (tertiary/aromatic N) is 2. The minimum absolute atomic E-state index is 0.398. The van der Waals surface area contributed by atoms with Gasteiger partial charge in [0, 0.05) is 35.1 Å². The topological polar surface area (TPSA) is 29.9 Å². The Morgan fingerprint density at radius 1 is 1.41 bits per heavy atom. The summed E-state index contributed by atoms with van der Waals surface area (Å²) in [7, 11) is 0. The van der Waals surface area contributed by atoms with E-state index >= 15 is 0 Å². The van der Waals surface area contributed by atoms with Crippen LogP contribution >= 0.6 is 11.6 Å². The number of hydrogen-bond acceptors (Lipinski definition) is 2. The SMILES string of the molecule is CC(C)n1cc(CNc2cccc(Cl)c2)cn1. The Morgan fingerprint density at radius 3 is 2.88 bits per heavy atom. The number of benzene rings is 1. The highest BCUT2D eigenvalue weighted by atomic mass is 35.5. The molecule has 0 radical (unpaired) electrons. The second kappa shape index (κ2) is 5.23. The van der Waals surface area contributed by atoms with Crippen LogP contribution in [0.2, 0.25) is 5.02 Å². The lowest BCUT2D eigenvalue weighted by Gasteiger charge is -2.05. The van der Waals surface area contributed by atoms with Gasteiger partial charge >= 0.3 is 0 Å². The summed E-state index contributed by atoms with van der Waals surface area (Å²) in [6, 6.07) is 8.11. The molecule has 1 aromatic carbocycles. The van der Waals surface area contributed by atoms with Gasteiger partial charge in [0.15, 0.2) is 0 Å². The van der Waals surface area contributed by atoms with Gasteiger partial charge in [-0.1, -0.05) is 17.7 Å². The number of hydrogen-bond donors (Lipinski definition) is 1. The number of rotatable bonds is 4. The zero-order valence-corrected chi connectivity index (χ0v) is 10.8. The standard InChI is InChI=1S/C13H16ClN3/c1-10(2)17-9-11(8-16-17)7-15-13-5-3-4-12(14)6-13/h3-6,8-10,15H,7H2,1-2H3. The fraction of sp³-hybridized carbons (Fsp3) is 0.308. The first-order valence-corrected chi connectivity index (χ1v) is 6.05. The van der Waals surface area contributed by atoms with Crippen molar-refractivity contribution in [2.75, 3.05) is 5.32 Å². The van der Waals surface area contributed by atoms with Gasteiger partial charge in [-0.15, -0.1) is 0 Å². The molecule has 17 heavy (non-hydrogen) atoms. The minimum atomic E-state index is 0.398. The highest BCUT2D eigenvalue weighted by molar-refractivity contribution is 6.30. The third kappa shape index (κ3) is 3.24. The maximum Gasteiger partial charge on any atom is 0.0539 e. The number of aromatic nitrogens is 2. The molecule has 0 saturated heterocycles. The van der Waals surface area contributed by atoms with Crippen LogP contribution in [0.3, 0.4) is 0 Å². The van der Waals surface area contributed by atoms with E-state index in [1.54, 1.807) is 0 Å². The summed E-state index contributed by atoms with van der Waals surface area (Å²) in [6.45, 7) is 4.98. The summed E-state index contributed by atoms with van der Waals surface area (Å²) >= 11 is 5.92. The van der Waals surface area contributed by atoms with Crippen LogP contribution in [0.1, 0.15) is 25.5 Å². The predicted octanol–water partition coefficient (Wildman–Crippen LogP) is 3.73. The van der Waals surface area contributed by atoms with E-state index in [2.05, 4.69) is 30.5 Å². The molecule has 4 heteroatoms. The fourth-order valence-electron chi connectivity index (χ4n) is 1.55. The molecular weight excluding hydrogens is 234 g/mol. The average molecular weight is 250 g/mol. The molecule has 0 spiro atoms. The maximum absolute atomic E-state index is 5.92. The molecule has 0 saturated carbocycles. The van der Waals surface area contributed by atoms with Crippen molar-refractivity contribution in [3.63, 3.8) is 0 Å². The van der Waals surface area contributed by atoms with E-state index in [1.165, 1.54) is 5.56 Å². The summed E-state index contributed by atoms with van der Waals surface area (Å²) in [6.07, 6.45) is 3.94. The Labute approximate surface area is 106 Å². The summed E-state index contributed by atoms with van der Waals surface area (Å²) in [4.78, 5) is 0. The number of halogens is 1. The van der Waals surface area contributed by atoms with Gasteiger partial charge in [-0.25, -0.2) is 0 Å². The van der Waals surface area contributed by atoms with Crippen LogP contribution < -0.4 is 5.32 Å². The zero-order chi connectivity index (χ0) is 12.3. The quantitative estimate of drug-likeness (QED) is 0.895. The van der Waals surface area contributed by atoms with E-state index in [0.717, 1.165) is 17.3 Å². The lowest BCUT2D eigenvalue weighted by atomic mass is 10.3. The molecular formula is C13H16ClN3. The maximum atomic E-state index is 5.92. The molecule has 1 N–H and O–H groups in total. The van der Waals surface area contributed by atoms with Crippen LogP contribution in [-0.2, 0) is 6.54 Å². The summed E-state index contributed by atoms with van der Waals surface area (Å²) in [5.74, 6) is 0. The zero-order valence-electron chi connectivity index (χ0n) is 10.0. The molecule has 0 atom stereocenters. The number of nitrogens with one attached hydrogen (secondary N) is 1. The first-order valence-electron chi connectivity index (χ1n) is 5.67. The van der Waals surface area contributed by atoms with E-state index < -0.39 is 0 Å². The molecule has 0 amide bonds. The first-order chi connectivity index (χ1) is 8.15. The van der Waals surface area contributed by atoms with Crippen molar-refractivity contribution in [3.8, 4) is 0 Å². The van der Waals surface area contributed by atoms with E-state index in [-0.39, 0.29) is 0 Å². The van der Waals surface area contributed by atoms with Gasteiger partial charge in [-0.05, 0) is 32.0 Å². The van der Waals surface area contributed by atoms with Crippen molar-refractivity contribution in [2.45, 2.75) is 26.4 Å². The third-order valence-electron chi connectivity index (χ3n) is 2.51. The molecule has 0 fully saturated rings. The van der Waals surface area contributed by atoms with Crippen molar-refractivity contribution in [1.29, 1.82) is 0 Å². The molecule has 0 aliphatic heterocycles. The van der Waals surface area contributed by atoms with Crippen LogP contribution in [0, 0.1) is 0 Å². The Bertz CT molecular complexity index is 491. The molecule has 1 aromatic heterocycles. The molecule has 1 heterocycles. The predicted molar refractivity (Wildman–Crippen MR) is 71.4 cm³/mol. The lowest BCUT2D eigenvalue weighted by molar-refractivity contribution is 0.532. The second-order valence-electron chi connectivity index (χ2n) is 4.29. The average Bonchev–Trinajstić information content (AvgIpc) is 2.75. The minimum Gasteiger partial charge on any atom is -0.381 e. The van der Waals surface area contributed by atoms with Gasteiger partial charge in [0.2, 0.25) is 0 Å². The third-order valence-corrected chi connectivity index (χ3v) is 2.74. The fourth-order valence-corrected chi connectivity index (χ4v) is 1.74. The van der Waals surface area contributed by atoms with Crippen LogP contribution in [0.4, 0.5) is 5.69 Å². The van der Waals surface area contributed by atoms with Crippen LogP contribution in [-0.4, -0.2) is 9.78 Å². The van der Waals surface area contributed by atoms with Crippen molar-refractivity contribution >= 4 is 17.3 Å². The van der Waals surface area contributed by atoms with E-state index in [9.17, 15) is 0 Å². The van der Waals surface area contributed by atoms with E-state index in [1.807, 2.05) is 35.1 Å². The highest BCUT2D eigenvalue weighted by Gasteiger charge is 2.01. The van der Waals surface area contributed by atoms with Crippen molar-refractivity contribution in [1.82, 2.24) is 9.78 Å². The normalized spacial score (nSPS) is 10.8. The van der Waals surface area contributed by atoms with Gasteiger partial charge in [0.1, 0.15) is 0 Å². The van der Waals surface area contributed by atoms with Gasteiger partial charge in [-0.3, -0.25) is 4.68 Å². The molecule has 3 nitrogen and oxygen atoms in total. The van der Waals surface area contributed by atoms with Crippen LogP contribution in [0.25, 0.3) is 0 Å². The Balaban J connectivity index is 1.97. The van der Waals surface area contributed by atoms with Gasteiger partial charge < -0.3 is 5.32 Å². The molecule has 2 rings (SSSR count). The Kier molecular flexibility index (Phi) is 3.69. The van der Waals surface area contributed by atoms with Gasteiger partial charge in [-0.2, -0.15) is 5.10 Å². The van der Waals surface area contributed by atoms with Gasteiger partial charge in [0.05, 0.1) is 6.20 Å². The number of anilines is 1. The van der Waals surface area contributed by atoms with Crippen LogP contribution in [0.15, 0.2) is 36.7 Å². The molecule has 2 aromatic rings. The molecule has 0 unspecified atom stereocenters. The first kappa shape index (κ1) is 12.0. The van der Waals surface area contributed by atoms with E-state index in [4.69, 9.17) is 11.6 Å². The van der Waals surface area contributed by atoms with Crippen molar-refractivity contribution < 1.29 is 0 Å². The molecule has 0 aliphatic rings. The van der Waals surface area contributed by atoms with E-state index in [0.29, 0.717) is 6.04 Å². The van der Waals surface area contributed by atoms with Crippen LogP contribution in [0.5, 0.6) is 0 Å².